The number of carbonyl (C=O) groups is 1. The van der Waals surface area contributed by atoms with Crippen LogP contribution in [0.15, 0.2) is 0 Å². The Morgan fingerprint density at radius 1 is 1.39 bits per heavy atom. The van der Waals surface area contributed by atoms with Crippen LogP contribution in [0, 0.1) is 5.41 Å². The number of amides is 1. The monoisotopic (exact) mass is 286 g/mol. The minimum Gasteiger partial charge on any atom is -0.444 e. The van der Waals surface area contributed by atoms with Crippen molar-refractivity contribution in [2.45, 2.75) is 39.2 Å². The van der Waals surface area contributed by atoms with Crippen molar-refractivity contribution in [3.8, 4) is 0 Å². The number of ether oxygens (including phenoxy) is 1. The number of carbonyl (C=O) groups excluding carboxylic acids is 1. The molecule has 18 heavy (non-hydrogen) atoms. The van der Waals surface area contributed by atoms with Crippen LogP contribution in [0.2, 0.25) is 0 Å². The number of hydrogen-bond donors (Lipinski definition) is 2. The third kappa shape index (κ3) is 4.24. The maximum Gasteiger partial charge on any atom is 0.407 e. The lowest BCUT2D eigenvalue weighted by Gasteiger charge is -2.30. The molecule has 0 aliphatic carbocycles. The summed E-state index contributed by atoms with van der Waals surface area (Å²) in [6.45, 7) is 6.33. The Morgan fingerprint density at radius 2 is 1.94 bits per heavy atom. The lowest BCUT2D eigenvalue weighted by atomic mass is 9.86. The van der Waals surface area contributed by atoms with Gasteiger partial charge in [-0.15, -0.1) is 12.4 Å². The zero-order chi connectivity index (χ0) is 13.3. The summed E-state index contributed by atoms with van der Waals surface area (Å²) in [5.41, 5.74) is -1.88. The van der Waals surface area contributed by atoms with E-state index in [1.807, 2.05) is 0 Å². The average molecular weight is 287 g/mol. The van der Waals surface area contributed by atoms with E-state index in [0.29, 0.717) is 0 Å². The molecule has 1 fully saturated rings. The average Bonchev–Trinajstić information content (AvgIpc) is 2.36. The van der Waals surface area contributed by atoms with Crippen LogP contribution in [0.1, 0.15) is 27.7 Å². The van der Waals surface area contributed by atoms with Gasteiger partial charge in [0.15, 0.2) is 0 Å². The number of hydrogen-bond acceptors (Lipinski definition) is 3. The number of rotatable bonds is 2. The summed E-state index contributed by atoms with van der Waals surface area (Å²) in [4.78, 5) is 11.4. The van der Waals surface area contributed by atoms with E-state index in [2.05, 4.69) is 10.6 Å². The first kappa shape index (κ1) is 17.4. The van der Waals surface area contributed by atoms with Crippen molar-refractivity contribution in [2.75, 3.05) is 19.6 Å². The van der Waals surface area contributed by atoms with Gasteiger partial charge in [0.05, 0.1) is 12.0 Å². The summed E-state index contributed by atoms with van der Waals surface area (Å²) < 4.78 is 32.0. The molecule has 0 radical (unpaired) electrons. The molecule has 2 N–H and O–H groups in total. The maximum atomic E-state index is 13.5. The number of alkyl halides is 2. The van der Waals surface area contributed by atoms with Crippen molar-refractivity contribution in [3.05, 3.63) is 0 Å². The van der Waals surface area contributed by atoms with E-state index in [-0.39, 0.29) is 32.0 Å². The molecule has 1 heterocycles. The van der Waals surface area contributed by atoms with E-state index in [1.165, 1.54) is 6.92 Å². The number of nitrogens with one attached hydrogen (secondary N) is 2. The van der Waals surface area contributed by atoms with Gasteiger partial charge >= 0.3 is 6.09 Å². The van der Waals surface area contributed by atoms with E-state index in [9.17, 15) is 13.6 Å². The van der Waals surface area contributed by atoms with Gasteiger partial charge in [0.1, 0.15) is 5.60 Å². The van der Waals surface area contributed by atoms with Crippen LogP contribution in [0.3, 0.4) is 0 Å². The van der Waals surface area contributed by atoms with E-state index < -0.39 is 23.0 Å². The van der Waals surface area contributed by atoms with Gasteiger partial charge in [-0.1, -0.05) is 6.92 Å². The molecule has 0 spiro atoms. The third-order valence-electron chi connectivity index (χ3n) is 2.77. The first-order valence-corrected chi connectivity index (χ1v) is 5.61. The second-order valence-corrected chi connectivity index (χ2v) is 5.72. The summed E-state index contributed by atoms with van der Waals surface area (Å²) in [6.07, 6.45) is -0.665. The van der Waals surface area contributed by atoms with Crippen LogP contribution in [-0.4, -0.2) is 37.3 Å². The molecule has 0 aromatic heterocycles. The predicted molar refractivity (Wildman–Crippen MR) is 67.4 cm³/mol. The van der Waals surface area contributed by atoms with Gasteiger partial charge in [0.25, 0.3) is 5.92 Å². The zero-order valence-corrected chi connectivity index (χ0v) is 11.9. The van der Waals surface area contributed by atoms with Gasteiger partial charge in [-0.05, 0) is 20.8 Å². The lowest BCUT2D eigenvalue weighted by Crippen LogP contribution is -2.47. The van der Waals surface area contributed by atoms with Crippen molar-refractivity contribution in [3.63, 3.8) is 0 Å². The van der Waals surface area contributed by atoms with Gasteiger partial charge in [-0.2, -0.15) is 0 Å². The van der Waals surface area contributed by atoms with Crippen LogP contribution < -0.4 is 10.6 Å². The van der Waals surface area contributed by atoms with Crippen LogP contribution in [-0.2, 0) is 4.74 Å². The second kappa shape index (κ2) is 5.57. The van der Waals surface area contributed by atoms with Crippen molar-refractivity contribution < 1.29 is 18.3 Å². The summed E-state index contributed by atoms with van der Waals surface area (Å²) in [7, 11) is 0. The molecule has 0 saturated carbocycles. The largest absolute Gasteiger partial charge is 0.444 e. The minimum absolute atomic E-state index is 0. The fourth-order valence-corrected chi connectivity index (χ4v) is 1.61. The van der Waals surface area contributed by atoms with Crippen LogP contribution in [0.4, 0.5) is 13.6 Å². The molecule has 0 bridgehead atoms. The standard InChI is InChI=1S/C11H20F2N2O2.ClH/c1-9(2,3)17-8(16)15-6-10(4)5-14-7-11(10,12)13;/h14H,5-7H2,1-4H3,(H,15,16);1H. The highest BCUT2D eigenvalue weighted by Gasteiger charge is 2.54. The van der Waals surface area contributed by atoms with Crippen molar-refractivity contribution in [2.24, 2.45) is 5.41 Å². The van der Waals surface area contributed by atoms with Crippen molar-refractivity contribution in [1.29, 1.82) is 0 Å². The Balaban J connectivity index is 0.00000289. The van der Waals surface area contributed by atoms with Crippen LogP contribution >= 0.6 is 12.4 Å². The molecule has 1 aliphatic rings. The quantitative estimate of drug-likeness (QED) is 0.818. The summed E-state index contributed by atoms with van der Waals surface area (Å²) in [6, 6.07) is 0. The summed E-state index contributed by atoms with van der Waals surface area (Å²) in [5.74, 6) is -2.82. The van der Waals surface area contributed by atoms with Gasteiger partial charge in [0, 0.05) is 13.1 Å². The Morgan fingerprint density at radius 3 is 2.33 bits per heavy atom. The normalized spacial score (nSPS) is 26.3. The predicted octanol–water partition coefficient (Wildman–Crippen LogP) is 2.18. The molecule has 0 aromatic carbocycles. The first-order chi connectivity index (χ1) is 7.56. The Kier molecular flexibility index (Phi) is 5.38. The van der Waals surface area contributed by atoms with Crippen molar-refractivity contribution >= 4 is 18.5 Å². The Bertz CT molecular complexity index is 308. The molecule has 7 heteroatoms. The fraction of sp³-hybridized carbons (Fsp3) is 0.909. The van der Waals surface area contributed by atoms with E-state index in [1.54, 1.807) is 20.8 Å². The molecule has 1 rings (SSSR count). The third-order valence-corrected chi connectivity index (χ3v) is 2.77. The summed E-state index contributed by atoms with van der Waals surface area (Å²) in [5, 5.41) is 5.03. The van der Waals surface area contributed by atoms with Gasteiger partial charge < -0.3 is 15.4 Å². The van der Waals surface area contributed by atoms with E-state index in [4.69, 9.17) is 4.74 Å². The highest BCUT2D eigenvalue weighted by molar-refractivity contribution is 5.85. The summed E-state index contributed by atoms with van der Waals surface area (Å²) >= 11 is 0. The molecular formula is C11H21ClF2N2O2. The molecular weight excluding hydrogens is 266 g/mol. The van der Waals surface area contributed by atoms with Gasteiger partial charge in [-0.25, -0.2) is 13.6 Å². The highest BCUT2D eigenvalue weighted by atomic mass is 35.5. The Labute approximate surface area is 112 Å². The number of halogens is 3. The minimum atomic E-state index is -2.82. The number of alkyl carbamates (subject to hydrolysis) is 1. The molecule has 1 unspecified atom stereocenters. The highest BCUT2D eigenvalue weighted by Crippen LogP contribution is 2.38. The molecule has 4 nitrogen and oxygen atoms in total. The van der Waals surface area contributed by atoms with E-state index >= 15 is 0 Å². The van der Waals surface area contributed by atoms with Crippen molar-refractivity contribution in [1.82, 2.24) is 10.6 Å². The first-order valence-electron chi connectivity index (χ1n) is 5.61. The smallest absolute Gasteiger partial charge is 0.407 e. The van der Waals surface area contributed by atoms with Crippen LogP contribution in [0.25, 0.3) is 0 Å². The topological polar surface area (TPSA) is 50.4 Å². The SMILES string of the molecule is CC(C)(C)OC(=O)NCC1(C)CNCC1(F)F.Cl. The Hall–Kier alpha value is -0.620. The molecule has 1 aliphatic heterocycles. The molecule has 0 aromatic rings. The fourth-order valence-electron chi connectivity index (χ4n) is 1.61. The lowest BCUT2D eigenvalue weighted by molar-refractivity contribution is -0.0728. The zero-order valence-electron chi connectivity index (χ0n) is 11.1. The molecule has 1 saturated heterocycles. The van der Waals surface area contributed by atoms with Crippen LogP contribution in [0.5, 0.6) is 0 Å². The van der Waals surface area contributed by atoms with Gasteiger partial charge in [-0.3, -0.25) is 0 Å². The maximum absolute atomic E-state index is 13.5. The molecule has 1 atom stereocenters. The second-order valence-electron chi connectivity index (χ2n) is 5.72. The van der Waals surface area contributed by atoms with Gasteiger partial charge in [0.2, 0.25) is 0 Å². The molecule has 108 valence electrons. The molecule has 1 amide bonds. The van der Waals surface area contributed by atoms with E-state index in [0.717, 1.165) is 0 Å².